The number of likely N-dealkylation sites (tertiary alicyclic amines) is 1. The second-order valence-electron chi connectivity index (χ2n) is 9.98. The number of fused-ring (bicyclic) bond motifs is 2. The molecular formula is C29H35N3O3. The number of allylic oxidation sites excluding steroid dienone is 1. The highest BCUT2D eigenvalue weighted by atomic mass is 16.5. The summed E-state index contributed by atoms with van der Waals surface area (Å²) in [5.74, 6) is 0.0988. The molecule has 2 atom stereocenters. The third kappa shape index (κ3) is 4.64. The molecule has 1 aromatic carbocycles. The lowest BCUT2D eigenvalue weighted by molar-refractivity contribution is -0.133. The summed E-state index contributed by atoms with van der Waals surface area (Å²) < 4.78 is 6.40. The maximum Gasteiger partial charge on any atom is 0.253 e. The van der Waals surface area contributed by atoms with Crippen LogP contribution in [0.2, 0.25) is 0 Å². The maximum absolute atomic E-state index is 13.1. The first-order valence-corrected chi connectivity index (χ1v) is 13.0. The van der Waals surface area contributed by atoms with Gasteiger partial charge in [-0.25, -0.2) is 0 Å². The molecule has 6 nitrogen and oxygen atoms in total. The number of ether oxygens (including phenoxy) is 1. The molecule has 1 aromatic heterocycles. The van der Waals surface area contributed by atoms with E-state index in [1.54, 1.807) is 24.5 Å². The van der Waals surface area contributed by atoms with Gasteiger partial charge in [0.05, 0.1) is 17.7 Å². The Balaban J connectivity index is 1.37. The number of nitrogens with one attached hydrogen (secondary N) is 1. The van der Waals surface area contributed by atoms with Gasteiger partial charge in [0.1, 0.15) is 0 Å². The fraction of sp³-hybridized carbons (Fsp3) is 0.483. The number of carbonyl (C=O) groups excluding carboxylic acids is 2. The Kier molecular flexibility index (Phi) is 7.00. The Hall–Kier alpha value is -2.99. The number of nitrogens with zero attached hydrogens (tertiary/aromatic N) is 2. The largest absolute Gasteiger partial charge is 0.375 e. The monoisotopic (exact) mass is 473 g/mol. The molecule has 0 saturated carbocycles. The molecule has 2 aromatic rings. The first-order valence-electron chi connectivity index (χ1n) is 13.0. The number of aromatic nitrogens is 1. The van der Waals surface area contributed by atoms with E-state index >= 15 is 0 Å². The van der Waals surface area contributed by atoms with Crippen LogP contribution in [0.15, 0.2) is 60.4 Å². The molecule has 35 heavy (non-hydrogen) atoms. The van der Waals surface area contributed by atoms with Gasteiger partial charge in [-0.1, -0.05) is 35.9 Å². The minimum atomic E-state index is -0.242. The molecule has 1 saturated heterocycles. The molecule has 5 rings (SSSR count). The van der Waals surface area contributed by atoms with Crippen LogP contribution in [0.1, 0.15) is 79.4 Å². The summed E-state index contributed by atoms with van der Waals surface area (Å²) in [5.41, 5.74) is 3.99. The van der Waals surface area contributed by atoms with Crippen LogP contribution in [0, 0.1) is 0 Å². The Labute approximate surface area is 207 Å². The minimum Gasteiger partial charge on any atom is -0.375 e. The summed E-state index contributed by atoms with van der Waals surface area (Å²) in [6.45, 7) is 4.00. The topological polar surface area (TPSA) is 71.5 Å². The molecule has 1 aliphatic heterocycles. The van der Waals surface area contributed by atoms with E-state index in [0.717, 1.165) is 31.2 Å². The van der Waals surface area contributed by atoms with E-state index in [9.17, 15) is 9.59 Å². The molecule has 6 heteroatoms. The van der Waals surface area contributed by atoms with Crippen LogP contribution in [-0.4, -0.2) is 47.5 Å². The number of hydrogen-bond donors (Lipinski definition) is 1. The molecule has 2 heterocycles. The van der Waals surface area contributed by atoms with Gasteiger partial charge in [0.25, 0.3) is 5.91 Å². The number of hydrogen-bond acceptors (Lipinski definition) is 4. The van der Waals surface area contributed by atoms with Crippen LogP contribution in [0.5, 0.6) is 0 Å². The summed E-state index contributed by atoms with van der Waals surface area (Å²) >= 11 is 0. The maximum atomic E-state index is 13.1. The lowest BCUT2D eigenvalue weighted by Crippen LogP contribution is -2.52. The first kappa shape index (κ1) is 23.7. The van der Waals surface area contributed by atoms with Gasteiger partial charge in [0.2, 0.25) is 5.91 Å². The number of amides is 2. The number of pyridine rings is 1. The lowest BCUT2D eigenvalue weighted by atomic mass is 9.71. The summed E-state index contributed by atoms with van der Waals surface area (Å²) in [7, 11) is 0. The van der Waals surface area contributed by atoms with Crippen molar-refractivity contribution >= 4 is 11.8 Å². The predicted octanol–water partition coefficient (Wildman–Crippen LogP) is 4.72. The van der Waals surface area contributed by atoms with Crippen molar-refractivity contribution in [3.05, 3.63) is 77.1 Å². The van der Waals surface area contributed by atoms with Crippen molar-refractivity contribution in [2.75, 3.05) is 19.7 Å². The van der Waals surface area contributed by atoms with E-state index in [0.29, 0.717) is 31.7 Å². The third-order valence-electron chi connectivity index (χ3n) is 8.01. The smallest absolute Gasteiger partial charge is 0.253 e. The fourth-order valence-corrected chi connectivity index (χ4v) is 6.25. The standard InChI is InChI=1S/C29H35N3O3/c1-2-35-27-26(31-28(34)22-11-8-16-30-20-22)23-12-6-7-13-24(23)29(27)14-17-32(18-15-29)25(33)19-21-9-4-3-5-10-21/h6-9,11-13,16,20,26-27H,2-5,10,14-15,17-19H2,1H3,(H,31,34)/t26-,27+/m1/s1. The van der Waals surface area contributed by atoms with E-state index in [4.69, 9.17) is 4.74 Å². The van der Waals surface area contributed by atoms with Crippen molar-refractivity contribution in [3.63, 3.8) is 0 Å². The highest BCUT2D eigenvalue weighted by molar-refractivity contribution is 5.94. The van der Waals surface area contributed by atoms with Gasteiger partial charge in [-0.3, -0.25) is 14.6 Å². The predicted molar refractivity (Wildman–Crippen MR) is 135 cm³/mol. The molecule has 0 radical (unpaired) electrons. The van der Waals surface area contributed by atoms with E-state index in [1.165, 1.54) is 24.0 Å². The van der Waals surface area contributed by atoms with Gasteiger partial charge in [-0.05, 0) is 68.7 Å². The SMILES string of the molecule is CCO[C@H]1[C@H](NC(=O)c2cccnc2)c2ccccc2C12CCN(C(=O)CC1=CCCCC1)CC2. The number of benzene rings is 1. The van der Waals surface area contributed by atoms with Gasteiger partial charge in [-0.2, -0.15) is 0 Å². The van der Waals surface area contributed by atoms with Gasteiger partial charge in [0, 0.05) is 43.9 Å². The number of carbonyl (C=O) groups is 2. The van der Waals surface area contributed by atoms with Gasteiger partial charge >= 0.3 is 0 Å². The Morgan fingerprint density at radius 3 is 2.69 bits per heavy atom. The molecule has 2 amide bonds. The zero-order valence-electron chi connectivity index (χ0n) is 20.5. The molecule has 184 valence electrons. The molecular weight excluding hydrogens is 438 g/mol. The molecule has 0 bridgehead atoms. The van der Waals surface area contributed by atoms with Gasteiger partial charge in [-0.15, -0.1) is 0 Å². The van der Waals surface area contributed by atoms with E-state index in [-0.39, 0.29) is 29.4 Å². The van der Waals surface area contributed by atoms with Crippen molar-refractivity contribution < 1.29 is 14.3 Å². The van der Waals surface area contributed by atoms with Crippen LogP contribution < -0.4 is 5.32 Å². The average Bonchev–Trinajstić information content (AvgIpc) is 3.14. The second kappa shape index (κ2) is 10.3. The number of piperidine rings is 1. The molecule has 1 N–H and O–H groups in total. The Morgan fingerprint density at radius 1 is 1.14 bits per heavy atom. The molecule has 3 aliphatic rings. The van der Waals surface area contributed by atoms with E-state index in [1.807, 2.05) is 17.9 Å². The van der Waals surface area contributed by atoms with Crippen LogP contribution in [0.3, 0.4) is 0 Å². The third-order valence-corrected chi connectivity index (χ3v) is 8.01. The summed E-state index contributed by atoms with van der Waals surface area (Å²) in [4.78, 5) is 32.3. The van der Waals surface area contributed by atoms with Crippen molar-refractivity contribution in [1.82, 2.24) is 15.2 Å². The second-order valence-corrected chi connectivity index (χ2v) is 9.98. The van der Waals surface area contributed by atoms with Gasteiger partial charge in [0.15, 0.2) is 0 Å². The van der Waals surface area contributed by atoms with Crippen molar-refractivity contribution in [1.29, 1.82) is 0 Å². The van der Waals surface area contributed by atoms with Crippen LogP contribution in [0.4, 0.5) is 0 Å². The van der Waals surface area contributed by atoms with Crippen LogP contribution in [0.25, 0.3) is 0 Å². The number of rotatable bonds is 6. The molecule has 0 unspecified atom stereocenters. The van der Waals surface area contributed by atoms with E-state index in [2.05, 4.69) is 34.6 Å². The zero-order chi connectivity index (χ0) is 24.3. The van der Waals surface area contributed by atoms with E-state index < -0.39 is 0 Å². The molecule has 2 aliphatic carbocycles. The highest BCUT2D eigenvalue weighted by Gasteiger charge is 2.54. The van der Waals surface area contributed by atoms with Crippen LogP contribution in [-0.2, 0) is 14.9 Å². The lowest BCUT2D eigenvalue weighted by Gasteiger charge is -2.44. The summed E-state index contributed by atoms with van der Waals surface area (Å²) in [6.07, 6.45) is 12.2. The van der Waals surface area contributed by atoms with Crippen molar-refractivity contribution in [2.24, 2.45) is 0 Å². The zero-order valence-corrected chi connectivity index (χ0v) is 20.5. The molecule has 1 fully saturated rings. The van der Waals surface area contributed by atoms with Crippen LogP contribution >= 0.6 is 0 Å². The Bertz CT molecular complexity index is 1090. The average molecular weight is 474 g/mol. The first-order chi connectivity index (χ1) is 17.1. The quantitative estimate of drug-likeness (QED) is 0.616. The fourth-order valence-electron chi connectivity index (χ4n) is 6.25. The highest BCUT2D eigenvalue weighted by Crippen LogP contribution is 2.52. The summed E-state index contributed by atoms with van der Waals surface area (Å²) in [5, 5.41) is 3.25. The van der Waals surface area contributed by atoms with Crippen molar-refractivity contribution in [2.45, 2.75) is 69.4 Å². The normalized spacial score (nSPS) is 23.0. The van der Waals surface area contributed by atoms with Crippen molar-refractivity contribution in [3.8, 4) is 0 Å². The minimum absolute atomic E-state index is 0.145. The Morgan fingerprint density at radius 2 is 1.97 bits per heavy atom. The molecule has 1 spiro atoms. The van der Waals surface area contributed by atoms with Gasteiger partial charge < -0.3 is 15.0 Å². The summed E-state index contributed by atoms with van der Waals surface area (Å²) in [6, 6.07) is 11.7.